The van der Waals surface area contributed by atoms with Crippen LogP contribution in [0.2, 0.25) is 0 Å². The monoisotopic (exact) mass is 254 g/mol. The van der Waals surface area contributed by atoms with E-state index in [1.54, 1.807) is 9.80 Å². The summed E-state index contributed by atoms with van der Waals surface area (Å²) in [5, 5.41) is 0. The summed E-state index contributed by atoms with van der Waals surface area (Å²) in [6.07, 6.45) is 4.99. The third-order valence-corrected chi connectivity index (χ3v) is 3.52. The van der Waals surface area contributed by atoms with Crippen LogP contribution >= 0.6 is 0 Å². The van der Waals surface area contributed by atoms with Gasteiger partial charge in [0.2, 0.25) is 0 Å². The van der Waals surface area contributed by atoms with Crippen LogP contribution in [0.1, 0.15) is 52.9 Å². The van der Waals surface area contributed by atoms with Crippen LogP contribution in [-0.2, 0) is 9.59 Å². The molecule has 1 saturated heterocycles. The lowest BCUT2D eigenvalue weighted by molar-refractivity contribution is -0.153. The number of amides is 2. The zero-order valence-corrected chi connectivity index (χ0v) is 11.9. The van der Waals surface area contributed by atoms with Crippen LogP contribution in [-0.4, -0.2) is 47.3 Å². The van der Waals surface area contributed by atoms with Gasteiger partial charge in [-0.2, -0.15) is 0 Å². The molecular formula is C14H26N2O2. The molecule has 0 bridgehead atoms. The Kier molecular flexibility index (Phi) is 6.16. The van der Waals surface area contributed by atoms with Gasteiger partial charge >= 0.3 is 11.8 Å². The second-order valence-corrected chi connectivity index (χ2v) is 5.14. The maximum absolute atomic E-state index is 12.2. The van der Waals surface area contributed by atoms with Crippen LogP contribution in [0.15, 0.2) is 0 Å². The first-order chi connectivity index (χ1) is 8.61. The van der Waals surface area contributed by atoms with Gasteiger partial charge in [-0.3, -0.25) is 9.59 Å². The second kappa shape index (κ2) is 7.39. The highest BCUT2D eigenvalue weighted by Crippen LogP contribution is 2.17. The second-order valence-electron chi connectivity index (χ2n) is 5.14. The average molecular weight is 254 g/mol. The van der Waals surface area contributed by atoms with Crippen molar-refractivity contribution in [2.45, 2.75) is 58.9 Å². The third-order valence-electron chi connectivity index (χ3n) is 3.52. The molecule has 4 nitrogen and oxygen atoms in total. The van der Waals surface area contributed by atoms with E-state index in [1.807, 2.05) is 20.8 Å². The van der Waals surface area contributed by atoms with Gasteiger partial charge in [0.05, 0.1) is 0 Å². The Hall–Kier alpha value is -1.06. The Labute approximate surface area is 110 Å². The fraction of sp³-hybridized carbons (Fsp3) is 0.857. The Morgan fingerprint density at radius 2 is 1.78 bits per heavy atom. The quantitative estimate of drug-likeness (QED) is 0.720. The van der Waals surface area contributed by atoms with E-state index in [2.05, 4.69) is 0 Å². The van der Waals surface area contributed by atoms with Crippen LogP contribution in [0, 0.1) is 0 Å². The third kappa shape index (κ3) is 3.72. The summed E-state index contributed by atoms with van der Waals surface area (Å²) in [6, 6.07) is 0.209. The van der Waals surface area contributed by atoms with E-state index in [-0.39, 0.29) is 17.9 Å². The van der Waals surface area contributed by atoms with Crippen molar-refractivity contribution in [3.8, 4) is 0 Å². The van der Waals surface area contributed by atoms with E-state index >= 15 is 0 Å². The summed E-state index contributed by atoms with van der Waals surface area (Å²) in [5.41, 5.74) is 0. The van der Waals surface area contributed by atoms with Gasteiger partial charge in [0, 0.05) is 25.7 Å². The lowest BCUT2D eigenvalue weighted by Gasteiger charge is -2.34. The number of carbonyl (C=O) groups excluding carboxylic acids is 2. The molecule has 0 aliphatic carbocycles. The Balaban J connectivity index is 2.65. The van der Waals surface area contributed by atoms with Crippen LogP contribution in [0.3, 0.4) is 0 Å². The van der Waals surface area contributed by atoms with Gasteiger partial charge in [0.1, 0.15) is 0 Å². The molecule has 104 valence electrons. The van der Waals surface area contributed by atoms with Gasteiger partial charge in [0.25, 0.3) is 0 Å². The molecule has 4 heteroatoms. The number of nitrogens with zero attached hydrogens (tertiary/aromatic N) is 2. The minimum Gasteiger partial charge on any atom is -0.334 e. The van der Waals surface area contributed by atoms with Crippen molar-refractivity contribution in [1.82, 2.24) is 9.80 Å². The number of piperidine rings is 1. The fourth-order valence-electron chi connectivity index (χ4n) is 2.51. The minimum atomic E-state index is -0.313. The molecule has 0 spiro atoms. The zero-order chi connectivity index (χ0) is 13.5. The van der Waals surface area contributed by atoms with Gasteiger partial charge < -0.3 is 9.80 Å². The predicted molar refractivity (Wildman–Crippen MR) is 72.2 cm³/mol. The summed E-state index contributed by atoms with van der Waals surface area (Å²) in [6.45, 7) is 8.20. The molecule has 1 rings (SSSR count). The summed E-state index contributed by atoms with van der Waals surface area (Å²) in [7, 11) is 0. The van der Waals surface area contributed by atoms with Crippen molar-refractivity contribution in [3.05, 3.63) is 0 Å². The summed E-state index contributed by atoms with van der Waals surface area (Å²) >= 11 is 0. The molecule has 1 heterocycles. The molecule has 1 aliphatic heterocycles. The normalized spacial score (nSPS) is 19.7. The summed E-state index contributed by atoms with van der Waals surface area (Å²) in [4.78, 5) is 27.9. The molecular weight excluding hydrogens is 228 g/mol. The number of likely N-dealkylation sites (tertiary alicyclic amines) is 1. The van der Waals surface area contributed by atoms with Crippen molar-refractivity contribution in [2.24, 2.45) is 0 Å². The number of carbonyl (C=O) groups is 2. The van der Waals surface area contributed by atoms with Crippen molar-refractivity contribution in [2.75, 3.05) is 19.6 Å². The Morgan fingerprint density at radius 3 is 2.28 bits per heavy atom. The van der Waals surface area contributed by atoms with E-state index < -0.39 is 0 Å². The van der Waals surface area contributed by atoms with E-state index in [0.29, 0.717) is 13.1 Å². The molecule has 1 aliphatic rings. The molecule has 0 aromatic carbocycles. The van der Waals surface area contributed by atoms with Gasteiger partial charge in [0.15, 0.2) is 0 Å². The Morgan fingerprint density at radius 1 is 1.17 bits per heavy atom. The topological polar surface area (TPSA) is 40.6 Å². The minimum absolute atomic E-state index is 0.209. The maximum atomic E-state index is 12.2. The van der Waals surface area contributed by atoms with Crippen LogP contribution in [0.4, 0.5) is 0 Å². The van der Waals surface area contributed by atoms with Crippen LogP contribution in [0.25, 0.3) is 0 Å². The standard InChI is InChI=1S/C14H26N2O2/c1-4-9-15(10-5-2)13(17)14(18)16-11-7-6-8-12(16)3/h12H,4-11H2,1-3H3. The van der Waals surface area contributed by atoms with Gasteiger partial charge in [-0.25, -0.2) is 0 Å². The highest BCUT2D eigenvalue weighted by atomic mass is 16.2. The van der Waals surface area contributed by atoms with Crippen LogP contribution < -0.4 is 0 Å². The van der Waals surface area contributed by atoms with Gasteiger partial charge in [-0.15, -0.1) is 0 Å². The smallest absolute Gasteiger partial charge is 0.312 e. The molecule has 0 radical (unpaired) electrons. The lowest BCUT2D eigenvalue weighted by Crippen LogP contribution is -2.50. The fourth-order valence-corrected chi connectivity index (χ4v) is 2.51. The highest BCUT2D eigenvalue weighted by molar-refractivity contribution is 6.35. The summed E-state index contributed by atoms with van der Waals surface area (Å²) in [5.74, 6) is -0.614. The van der Waals surface area contributed by atoms with E-state index in [0.717, 1.165) is 38.6 Å². The molecule has 18 heavy (non-hydrogen) atoms. The zero-order valence-electron chi connectivity index (χ0n) is 11.9. The average Bonchev–Trinajstić information content (AvgIpc) is 2.37. The van der Waals surface area contributed by atoms with E-state index in [9.17, 15) is 9.59 Å². The molecule has 1 fully saturated rings. The first-order valence-electron chi connectivity index (χ1n) is 7.21. The molecule has 2 amide bonds. The molecule has 0 aromatic rings. The largest absolute Gasteiger partial charge is 0.334 e. The predicted octanol–water partition coefficient (Wildman–Crippen LogP) is 2.04. The number of hydrogen-bond donors (Lipinski definition) is 0. The highest BCUT2D eigenvalue weighted by Gasteiger charge is 2.30. The molecule has 1 atom stereocenters. The van der Waals surface area contributed by atoms with Crippen molar-refractivity contribution < 1.29 is 9.59 Å². The Bertz CT molecular complexity index is 286. The van der Waals surface area contributed by atoms with E-state index in [1.165, 1.54) is 0 Å². The van der Waals surface area contributed by atoms with Gasteiger partial charge in [-0.05, 0) is 39.0 Å². The van der Waals surface area contributed by atoms with Crippen molar-refractivity contribution in [1.29, 1.82) is 0 Å². The van der Waals surface area contributed by atoms with Crippen molar-refractivity contribution in [3.63, 3.8) is 0 Å². The molecule has 0 saturated carbocycles. The van der Waals surface area contributed by atoms with Crippen LogP contribution in [0.5, 0.6) is 0 Å². The molecule has 0 N–H and O–H groups in total. The number of rotatable bonds is 4. The molecule has 0 aromatic heterocycles. The SMILES string of the molecule is CCCN(CCC)C(=O)C(=O)N1CCCCC1C. The maximum Gasteiger partial charge on any atom is 0.312 e. The van der Waals surface area contributed by atoms with E-state index in [4.69, 9.17) is 0 Å². The molecule has 1 unspecified atom stereocenters. The first kappa shape index (κ1) is 15.0. The summed E-state index contributed by atoms with van der Waals surface area (Å²) < 4.78 is 0. The van der Waals surface area contributed by atoms with Crippen molar-refractivity contribution >= 4 is 11.8 Å². The first-order valence-corrected chi connectivity index (χ1v) is 7.21. The number of hydrogen-bond acceptors (Lipinski definition) is 2. The van der Waals surface area contributed by atoms with Gasteiger partial charge in [-0.1, -0.05) is 13.8 Å². The lowest BCUT2D eigenvalue weighted by atomic mass is 10.0.